The molecule has 0 aliphatic heterocycles. The van der Waals surface area contributed by atoms with Crippen molar-refractivity contribution in [3.05, 3.63) is 178 Å². The molecule has 436 valence electrons. The van der Waals surface area contributed by atoms with Gasteiger partial charge in [-0.15, -0.1) is 0 Å². The van der Waals surface area contributed by atoms with Crippen molar-refractivity contribution in [3.63, 3.8) is 0 Å². The monoisotopic (exact) mass is 1110 g/mol. The first-order valence-corrected chi connectivity index (χ1v) is 31.0. The van der Waals surface area contributed by atoms with Gasteiger partial charge >= 0.3 is 23.9 Å². The number of carbonyl (C=O) groups is 4. The van der Waals surface area contributed by atoms with Gasteiger partial charge in [-0.2, -0.15) is 0 Å². The highest BCUT2D eigenvalue weighted by Gasteiger charge is 2.23. The van der Waals surface area contributed by atoms with Crippen molar-refractivity contribution in [2.45, 2.75) is 194 Å². The van der Waals surface area contributed by atoms with Gasteiger partial charge in [-0.05, 0) is 170 Å². The van der Waals surface area contributed by atoms with E-state index >= 15 is 0 Å². The second kappa shape index (κ2) is 35.6. The molecule has 0 N–H and O–H groups in total. The average Bonchev–Trinajstić information content (AvgIpc) is 3.51. The number of unbranched alkanes of at least 4 members (excludes halogenated alkanes) is 22. The number of ether oxygens (including phenoxy) is 6. The Morgan fingerprint density at radius 2 is 0.549 bits per heavy atom. The van der Waals surface area contributed by atoms with Crippen molar-refractivity contribution in [1.29, 1.82) is 0 Å². The third-order valence-corrected chi connectivity index (χ3v) is 15.4. The SMILES string of the molecule is CCCCCCCCCCCCCCOc1ccc(C(=O)Oc2ccc(OC(=O)c3cc4c(C(=O)Oc5ccc(OC(=O)c6ccc(OCCCCCCCCCCCCCC)cc6)cc5)cc3CCc3ccc(cc3)CC4)cc2)cc1. The molecule has 10 nitrogen and oxygen atoms in total. The summed E-state index contributed by atoms with van der Waals surface area (Å²) in [5.74, 6) is 0.366. The molecule has 10 heteroatoms. The Balaban J connectivity index is 0.860. The number of benzene rings is 6. The highest BCUT2D eigenvalue weighted by Crippen LogP contribution is 2.29. The van der Waals surface area contributed by atoms with Gasteiger partial charge in [0.05, 0.1) is 35.5 Å². The van der Waals surface area contributed by atoms with Gasteiger partial charge in [0.1, 0.15) is 34.5 Å². The van der Waals surface area contributed by atoms with Crippen LogP contribution in [0.3, 0.4) is 0 Å². The summed E-state index contributed by atoms with van der Waals surface area (Å²) in [7, 11) is 0. The van der Waals surface area contributed by atoms with Gasteiger partial charge in [0, 0.05) is 0 Å². The van der Waals surface area contributed by atoms with Gasteiger partial charge in [0.25, 0.3) is 0 Å². The summed E-state index contributed by atoms with van der Waals surface area (Å²) in [5.41, 5.74) is 4.95. The van der Waals surface area contributed by atoms with Crippen LogP contribution in [0.1, 0.15) is 232 Å². The van der Waals surface area contributed by atoms with Gasteiger partial charge in [0.15, 0.2) is 0 Å². The van der Waals surface area contributed by atoms with Crippen LogP contribution in [0.5, 0.6) is 34.5 Å². The molecule has 10 rings (SSSR count). The first kappa shape index (κ1) is 62.4. The summed E-state index contributed by atoms with van der Waals surface area (Å²) >= 11 is 0. The van der Waals surface area contributed by atoms with Gasteiger partial charge < -0.3 is 28.4 Å². The Morgan fingerprint density at radius 3 is 0.841 bits per heavy atom. The molecule has 0 fully saturated rings. The topological polar surface area (TPSA) is 124 Å². The van der Waals surface area contributed by atoms with E-state index in [-0.39, 0.29) is 11.5 Å². The van der Waals surface area contributed by atoms with Crippen molar-refractivity contribution in [1.82, 2.24) is 0 Å². The normalized spacial score (nSPS) is 11.8. The molecule has 4 aliphatic rings. The molecule has 0 heterocycles. The Hall–Kier alpha value is -7.20. The molecule has 0 unspecified atom stereocenters. The van der Waals surface area contributed by atoms with E-state index in [4.69, 9.17) is 28.4 Å². The van der Waals surface area contributed by atoms with Crippen LogP contribution in [0.2, 0.25) is 0 Å². The molecular weight excluding hydrogens is 1020 g/mol. The lowest BCUT2D eigenvalue weighted by atomic mass is 9.90. The maximum atomic E-state index is 14.1. The average molecular weight is 1110 g/mol. The van der Waals surface area contributed by atoms with Crippen molar-refractivity contribution < 1.29 is 47.6 Å². The number of carbonyl (C=O) groups excluding carboxylic acids is 4. The minimum atomic E-state index is -0.576. The minimum absolute atomic E-state index is 0.267. The molecule has 0 amide bonds. The third kappa shape index (κ3) is 21.9. The van der Waals surface area contributed by atoms with Crippen LogP contribution in [0.15, 0.2) is 133 Å². The second-order valence-electron chi connectivity index (χ2n) is 22.0. The molecule has 4 bridgehead atoms. The van der Waals surface area contributed by atoms with E-state index in [1.54, 1.807) is 109 Å². The molecule has 4 aliphatic carbocycles. The van der Waals surface area contributed by atoms with Crippen LogP contribution in [0.25, 0.3) is 0 Å². The minimum Gasteiger partial charge on any atom is -0.494 e. The molecule has 0 radical (unpaired) electrons. The highest BCUT2D eigenvalue weighted by molar-refractivity contribution is 5.98. The van der Waals surface area contributed by atoms with Crippen LogP contribution in [0, 0.1) is 0 Å². The number of esters is 4. The van der Waals surface area contributed by atoms with Gasteiger partial charge in [-0.3, -0.25) is 0 Å². The highest BCUT2D eigenvalue weighted by atomic mass is 16.6. The van der Waals surface area contributed by atoms with E-state index in [0.29, 0.717) is 95.3 Å². The van der Waals surface area contributed by atoms with E-state index in [1.807, 2.05) is 0 Å². The fourth-order valence-corrected chi connectivity index (χ4v) is 10.4. The Kier molecular flexibility index (Phi) is 27.1. The van der Waals surface area contributed by atoms with Gasteiger partial charge in [0.2, 0.25) is 0 Å². The quantitative estimate of drug-likeness (QED) is 0.0213. The predicted octanol–water partition coefficient (Wildman–Crippen LogP) is 18.6. The zero-order valence-corrected chi connectivity index (χ0v) is 49.0. The van der Waals surface area contributed by atoms with E-state index in [0.717, 1.165) is 36.8 Å². The van der Waals surface area contributed by atoms with Crippen molar-refractivity contribution in [2.75, 3.05) is 13.2 Å². The van der Waals surface area contributed by atoms with E-state index in [2.05, 4.69) is 38.1 Å². The smallest absolute Gasteiger partial charge is 0.343 e. The number of hydrogen-bond donors (Lipinski definition) is 0. The Labute approximate surface area is 488 Å². The summed E-state index contributed by atoms with van der Waals surface area (Å²) in [4.78, 5) is 54.3. The summed E-state index contributed by atoms with van der Waals surface area (Å²) < 4.78 is 35.0. The lowest BCUT2D eigenvalue weighted by Crippen LogP contribution is -2.18. The largest absolute Gasteiger partial charge is 0.494 e. The zero-order valence-electron chi connectivity index (χ0n) is 49.0. The molecule has 0 aromatic heterocycles. The first-order chi connectivity index (χ1) is 40.2. The molecule has 6 aromatic rings. The molecular formula is C72H88O10. The summed E-state index contributed by atoms with van der Waals surface area (Å²) in [5, 5.41) is 0. The molecule has 0 saturated heterocycles. The van der Waals surface area contributed by atoms with Crippen LogP contribution in [-0.4, -0.2) is 37.1 Å². The predicted molar refractivity (Wildman–Crippen MR) is 326 cm³/mol. The third-order valence-electron chi connectivity index (χ3n) is 15.4. The van der Waals surface area contributed by atoms with Crippen molar-refractivity contribution >= 4 is 23.9 Å². The molecule has 82 heavy (non-hydrogen) atoms. The van der Waals surface area contributed by atoms with Gasteiger partial charge in [-0.25, -0.2) is 19.2 Å². The Morgan fingerprint density at radius 1 is 0.293 bits per heavy atom. The molecule has 0 atom stereocenters. The van der Waals surface area contributed by atoms with E-state index in [9.17, 15) is 19.2 Å². The number of hydrogen-bond acceptors (Lipinski definition) is 10. The summed E-state index contributed by atoms with van der Waals surface area (Å²) in [6, 6.07) is 38.5. The zero-order chi connectivity index (χ0) is 57.4. The van der Waals surface area contributed by atoms with Gasteiger partial charge in [-0.1, -0.05) is 179 Å². The molecule has 6 aromatic carbocycles. The van der Waals surface area contributed by atoms with Crippen LogP contribution >= 0.6 is 0 Å². The van der Waals surface area contributed by atoms with Crippen LogP contribution in [-0.2, 0) is 25.7 Å². The maximum absolute atomic E-state index is 14.1. The van der Waals surface area contributed by atoms with Crippen LogP contribution in [0.4, 0.5) is 0 Å². The van der Waals surface area contributed by atoms with Crippen LogP contribution < -0.4 is 28.4 Å². The van der Waals surface area contributed by atoms with E-state index < -0.39 is 23.9 Å². The second-order valence-corrected chi connectivity index (χ2v) is 22.0. The fourth-order valence-electron chi connectivity index (χ4n) is 10.4. The molecule has 0 spiro atoms. The summed E-state index contributed by atoms with van der Waals surface area (Å²) in [6.07, 6.45) is 33.1. The summed E-state index contributed by atoms with van der Waals surface area (Å²) in [6.45, 7) is 5.80. The lowest BCUT2D eigenvalue weighted by molar-refractivity contribution is 0.0715. The number of rotatable bonds is 36. The molecule has 0 saturated carbocycles. The lowest BCUT2D eigenvalue weighted by Gasteiger charge is -2.17. The standard InChI is InChI=1S/C72H88O10/c1-3-5-7-9-11-13-15-17-19-21-23-25-51-77-61-39-35-57(36-40-61)69(73)79-63-43-47-65(48-44-63)81-71(75)67-53-60-34-32-56-29-27-55(28-30-56)31-33-59(67)54-68(60)72(76)82-66-49-45-64(46-50-66)80-70(74)58-37-41-62(42-38-58)78-52-26-24-22-20-18-16-14-12-10-8-6-4-2/h27-30,35-50,53-54H,3-26,31-34,51-52H2,1-2H3. The fraction of sp³-hybridized carbons (Fsp3) is 0.444. The maximum Gasteiger partial charge on any atom is 0.343 e. The van der Waals surface area contributed by atoms with Crippen molar-refractivity contribution in [2.24, 2.45) is 0 Å². The Bertz CT molecular complexity index is 2640. The van der Waals surface area contributed by atoms with E-state index in [1.165, 1.54) is 128 Å². The first-order valence-electron chi connectivity index (χ1n) is 31.0. The van der Waals surface area contributed by atoms with Crippen molar-refractivity contribution in [3.8, 4) is 34.5 Å². The number of aryl methyl sites for hydroxylation is 4.